The van der Waals surface area contributed by atoms with E-state index in [1.54, 1.807) is 25.1 Å². The fraction of sp³-hybridized carbons (Fsp3) is 0.182. The van der Waals surface area contributed by atoms with Crippen LogP contribution in [0.2, 0.25) is 0 Å². The predicted octanol–water partition coefficient (Wildman–Crippen LogP) is 3.49. The largest absolute Gasteiger partial charge is 0.493 e. The van der Waals surface area contributed by atoms with Crippen LogP contribution in [0.25, 0.3) is 6.08 Å². The number of benzene rings is 2. The summed E-state index contributed by atoms with van der Waals surface area (Å²) in [6.45, 7) is 1.61. The highest BCUT2D eigenvalue weighted by Gasteiger charge is 2.38. The van der Waals surface area contributed by atoms with Gasteiger partial charge < -0.3 is 14.2 Å². The van der Waals surface area contributed by atoms with E-state index in [0.29, 0.717) is 28.4 Å². The van der Waals surface area contributed by atoms with Crippen molar-refractivity contribution in [2.45, 2.75) is 6.92 Å². The number of carbonyl (C=O) groups is 2. The maximum atomic E-state index is 13.3. The van der Waals surface area contributed by atoms with Crippen LogP contribution in [0.4, 0.5) is 11.4 Å². The van der Waals surface area contributed by atoms with Crippen LogP contribution in [0.5, 0.6) is 11.5 Å². The number of hydrogen-bond donors (Lipinski definition) is 0. The molecule has 3 rings (SSSR count). The number of ether oxygens (including phenoxy) is 3. The number of rotatable bonds is 6. The SMILES string of the molecule is COC(=O)C1=C(C)N(c2ccc([N+](=O)[O-])cc2)C(=O)C1=Cc1cccc(OC)c1OC. The second-order valence-electron chi connectivity index (χ2n) is 6.51. The van der Waals surface area contributed by atoms with Gasteiger partial charge in [0, 0.05) is 29.1 Å². The lowest BCUT2D eigenvalue weighted by Gasteiger charge is -2.17. The van der Waals surface area contributed by atoms with Crippen molar-refractivity contribution in [3.63, 3.8) is 0 Å². The molecule has 1 aliphatic heterocycles. The van der Waals surface area contributed by atoms with Gasteiger partial charge in [0.1, 0.15) is 0 Å². The Hall–Kier alpha value is -4.14. The van der Waals surface area contributed by atoms with Crippen LogP contribution < -0.4 is 14.4 Å². The molecule has 0 fully saturated rings. The lowest BCUT2D eigenvalue weighted by molar-refractivity contribution is -0.384. The summed E-state index contributed by atoms with van der Waals surface area (Å²) in [7, 11) is 4.20. The van der Waals surface area contributed by atoms with Gasteiger partial charge in [-0.2, -0.15) is 0 Å². The summed E-state index contributed by atoms with van der Waals surface area (Å²) in [5, 5.41) is 10.9. The van der Waals surface area contributed by atoms with Crippen molar-refractivity contribution < 1.29 is 28.7 Å². The van der Waals surface area contributed by atoms with Crippen LogP contribution in [0.3, 0.4) is 0 Å². The van der Waals surface area contributed by atoms with Gasteiger partial charge in [-0.1, -0.05) is 12.1 Å². The van der Waals surface area contributed by atoms with Gasteiger partial charge in [-0.3, -0.25) is 19.8 Å². The fourth-order valence-electron chi connectivity index (χ4n) is 3.40. The molecule has 2 aromatic carbocycles. The minimum absolute atomic E-state index is 0.0933. The molecule has 0 saturated heterocycles. The van der Waals surface area contributed by atoms with Crippen molar-refractivity contribution in [1.29, 1.82) is 0 Å². The van der Waals surface area contributed by atoms with Crippen molar-refractivity contribution in [3.05, 3.63) is 75.0 Å². The second kappa shape index (κ2) is 8.70. The number of non-ortho nitro benzene ring substituents is 1. The Bertz CT molecular complexity index is 1120. The highest BCUT2D eigenvalue weighted by atomic mass is 16.6. The zero-order valence-electron chi connectivity index (χ0n) is 17.4. The summed E-state index contributed by atoms with van der Waals surface area (Å²) in [6.07, 6.45) is 1.53. The Balaban J connectivity index is 2.15. The molecule has 0 aromatic heterocycles. The van der Waals surface area contributed by atoms with E-state index in [1.165, 1.54) is 56.6 Å². The Labute approximate surface area is 178 Å². The fourth-order valence-corrected chi connectivity index (χ4v) is 3.40. The number of nitro groups is 1. The molecule has 0 saturated carbocycles. The van der Waals surface area contributed by atoms with Crippen molar-refractivity contribution in [1.82, 2.24) is 0 Å². The number of carbonyl (C=O) groups excluding carboxylic acids is 2. The first-order chi connectivity index (χ1) is 14.8. The zero-order valence-corrected chi connectivity index (χ0v) is 17.4. The molecule has 0 N–H and O–H groups in total. The minimum Gasteiger partial charge on any atom is -0.493 e. The maximum absolute atomic E-state index is 13.3. The molecule has 1 amide bonds. The first-order valence-corrected chi connectivity index (χ1v) is 9.15. The highest BCUT2D eigenvalue weighted by molar-refractivity contribution is 6.24. The Kier molecular flexibility index (Phi) is 6.05. The number of para-hydroxylation sites is 1. The van der Waals surface area contributed by atoms with E-state index < -0.39 is 16.8 Å². The molecule has 0 radical (unpaired) electrons. The van der Waals surface area contributed by atoms with Gasteiger partial charge in [-0.05, 0) is 31.2 Å². The number of nitrogens with zero attached hydrogens (tertiary/aromatic N) is 2. The van der Waals surface area contributed by atoms with Crippen molar-refractivity contribution in [2.24, 2.45) is 0 Å². The van der Waals surface area contributed by atoms with Gasteiger partial charge in [0.2, 0.25) is 0 Å². The molecule has 0 spiro atoms. The number of amides is 1. The van der Waals surface area contributed by atoms with Crippen molar-refractivity contribution in [2.75, 3.05) is 26.2 Å². The third-order valence-electron chi connectivity index (χ3n) is 4.84. The summed E-state index contributed by atoms with van der Waals surface area (Å²) in [5.41, 5.74) is 1.35. The van der Waals surface area contributed by atoms with E-state index in [4.69, 9.17) is 14.2 Å². The smallest absolute Gasteiger partial charge is 0.340 e. The van der Waals surface area contributed by atoms with Gasteiger partial charge in [-0.25, -0.2) is 4.79 Å². The molecular formula is C22H20N2O7. The molecule has 9 nitrogen and oxygen atoms in total. The van der Waals surface area contributed by atoms with E-state index in [0.717, 1.165) is 0 Å². The standard InChI is InChI=1S/C22H20N2O7/c1-13-19(22(26)31-4)17(12-14-6-5-7-18(29-2)20(14)30-3)21(25)23(13)15-8-10-16(11-9-15)24(27)28/h5-12H,1-4H3. The number of hydrogen-bond acceptors (Lipinski definition) is 7. The van der Waals surface area contributed by atoms with Gasteiger partial charge in [0.05, 0.1) is 37.4 Å². The summed E-state index contributed by atoms with van der Waals surface area (Å²) in [6, 6.07) is 10.6. The van der Waals surface area contributed by atoms with Crippen LogP contribution >= 0.6 is 0 Å². The second-order valence-corrected chi connectivity index (χ2v) is 6.51. The summed E-state index contributed by atoms with van der Waals surface area (Å²) >= 11 is 0. The average Bonchev–Trinajstić information content (AvgIpc) is 3.02. The maximum Gasteiger partial charge on any atom is 0.340 e. The molecule has 0 bridgehead atoms. The van der Waals surface area contributed by atoms with Crippen LogP contribution in [0.15, 0.2) is 59.3 Å². The minimum atomic E-state index is -0.677. The third kappa shape index (κ3) is 3.85. The summed E-state index contributed by atoms with van der Waals surface area (Å²) in [4.78, 5) is 37.6. The lowest BCUT2D eigenvalue weighted by atomic mass is 10.0. The van der Waals surface area contributed by atoms with Gasteiger partial charge in [-0.15, -0.1) is 0 Å². The Morgan fingerprint density at radius 1 is 1.06 bits per heavy atom. The van der Waals surface area contributed by atoms with Crippen LogP contribution in [0.1, 0.15) is 12.5 Å². The topological polar surface area (TPSA) is 108 Å². The van der Waals surface area contributed by atoms with Crippen LogP contribution in [-0.4, -0.2) is 38.1 Å². The predicted molar refractivity (Wildman–Crippen MR) is 113 cm³/mol. The normalized spacial score (nSPS) is 14.8. The molecule has 31 heavy (non-hydrogen) atoms. The molecule has 0 aliphatic carbocycles. The van der Waals surface area contributed by atoms with Gasteiger partial charge >= 0.3 is 5.97 Å². The first kappa shape index (κ1) is 21.6. The van der Waals surface area contributed by atoms with Crippen LogP contribution in [-0.2, 0) is 14.3 Å². The number of anilines is 1. The average molecular weight is 424 g/mol. The molecule has 2 aromatic rings. The van der Waals surface area contributed by atoms with E-state index >= 15 is 0 Å². The highest BCUT2D eigenvalue weighted by Crippen LogP contribution is 2.38. The number of methoxy groups -OCH3 is 3. The van der Waals surface area contributed by atoms with Crippen molar-refractivity contribution >= 4 is 29.3 Å². The Morgan fingerprint density at radius 3 is 2.29 bits per heavy atom. The molecule has 0 atom stereocenters. The quantitative estimate of drug-likeness (QED) is 0.302. The third-order valence-corrected chi connectivity index (χ3v) is 4.84. The van der Waals surface area contributed by atoms with E-state index in [-0.39, 0.29) is 16.8 Å². The molecule has 1 aliphatic rings. The van der Waals surface area contributed by atoms with E-state index in [2.05, 4.69) is 0 Å². The molecule has 0 unspecified atom stereocenters. The summed E-state index contributed by atoms with van der Waals surface area (Å²) < 4.78 is 15.6. The molecule has 160 valence electrons. The summed E-state index contributed by atoms with van der Waals surface area (Å²) in [5.74, 6) is -0.282. The lowest BCUT2D eigenvalue weighted by Crippen LogP contribution is -2.24. The molecule has 1 heterocycles. The van der Waals surface area contributed by atoms with Gasteiger partial charge in [0.15, 0.2) is 11.5 Å². The zero-order chi connectivity index (χ0) is 22.7. The van der Waals surface area contributed by atoms with Gasteiger partial charge in [0.25, 0.3) is 11.6 Å². The van der Waals surface area contributed by atoms with Crippen LogP contribution in [0, 0.1) is 10.1 Å². The number of esters is 1. The number of nitro benzene ring substituents is 1. The first-order valence-electron chi connectivity index (χ1n) is 9.15. The molecule has 9 heteroatoms. The molecular weight excluding hydrogens is 404 g/mol. The van der Waals surface area contributed by atoms with E-state index in [1.807, 2.05) is 0 Å². The van der Waals surface area contributed by atoms with Crippen molar-refractivity contribution in [3.8, 4) is 11.5 Å². The van der Waals surface area contributed by atoms with E-state index in [9.17, 15) is 19.7 Å². The number of allylic oxidation sites excluding steroid dienone is 1. The monoisotopic (exact) mass is 424 g/mol. The Morgan fingerprint density at radius 2 is 1.74 bits per heavy atom.